The van der Waals surface area contributed by atoms with Gasteiger partial charge in [0.2, 0.25) is 0 Å². The van der Waals surface area contributed by atoms with Crippen LogP contribution in [-0.4, -0.2) is 12.5 Å². The van der Waals surface area contributed by atoms with Gasteiger partial charge in [0.1, 0.15) is 0 Å². The molecule has 1 aromatic carbocycles. The summed E-state index contributed by atoms with van der Waals surface area (Å²) in [7, 11) is 0. The lowest BCUT2D eigenvalue weighted by Crippen LogP contribution is -2.25. The summed E-state index contributed by atoms with van der Waals surface area (Å²) in [6.45, 7) is 4.79. The van der Waals surface area contributed by atoms with Gasteiger partial charge >= 0.3 is 0 Å². The molecule has 1 aromatic rings. The molecule has 19 heavy (non-hydrogen) atoms. The Bertz CT molecular complexity index is 488. The fraction of sp³-hybridized carbons (Fsp3) is 0.471. The van der Waals surface area contributed by atoms with Crippen LogP contribution in [0.4, 0.5) is 0 Å². The Kier molecular flexibility index (Phi) is 4.78. The summed E-state index contributed by atoms with van der Waals surface area (Å²) < 4.78 is 0. The van der Waals surface area contributed by atoms with E-state index in [1.807, 2.05) is 26.0 Å². The molecule has 0 unspecified atom stereocenters. The number of hydrogen-bond donors (Lipinski definition) is 1. The highest BCUT2D eigenvalue weighted by Gasteiger charge is 2.09. The summed E-state index contributed by atoms with van der Waals surface area (Å²) in [6, 6.07) is 5.96. The molecule has 0 bridgehead atoms. The van der Waals surface area contributed by atoms with Crippen molar-refractivity contribution in [3.8, 4) is 0 Å². The van der Waals surface area contributed by atoms with Crippen molar-refractivity contribution in [1.82, 2.24) is 5.32 Å². The first-order valence-electron chi connectivity index (χ1n) is 7.20. The molecule has 2 rings (SSSR count). The molecule has 0 fully saturated rings. The van der Waals surface area contributed by atoms with Crippen LogP contribution in [0.1, 0.15) is 53.6 Å². The normalized spacial score (nSPS) is 14.9. The Balaban J connectivity index is 1.85. The van der Waals surface area contributed by atoms with Crippen LogP contribution in [-0.2, 0) is 0 Å². The van der Waals surface area contributed by atoms with Crippen LogP contribution in [0.15, 0.2) is 29.8 Å². The van der Waals surface area contributed by atoms with Gasteiger partial charge in [0, 0.05) is 12.1 Å². The first-order valence-corrected chi connectivity index (χ1v) is 7.20. The van der Waals surface area contributed by atoms with Crippen molar-refractivity contribution < 1.29 is 4.79 Å². The van der Waals surface area contributed by atoms with Crippen LogP contribution in [0.2, 0.25) is 0 Å². The fourth-order valence-corrected chi connectivity index (χ4v) is 2.63. The maximum absolute atomic E-state index is 12.1. The molecule has 0 aromatic heterocycles. The molecule has 0 aliphatic heterocycles. The summed E-state index contributed by atoms with van der Waals surface area (Å²) in [5, 5.41) is 3.03. The monoisotopic (exact) mass is 257 g/mol. The van der Waals surface area contributed by atoms with Crippen LogP contribution < -0.4 is 5.32 Å². The Labute approximate surface area is 115 Å². The second-order valence-corrected chi connectivity index (χ2v) is 5.43. The van der Waals surface area contributed by atoms with E-state index in [1.165, 1.54) is 36.8 Å². The second kappa shape index (κ2) is 6.55. The van der Waals surface area contributed by atoms with Crippen LogP contribution in [0.25, 0.3) is 0 Å². The van der Waals surface area contributed by atoms with Crippen molar-refractivity contribution in [2.24, 2.45) is 0 Å². The number of hydrogen-bond acceptors (Lipinski definition) is 1. The van der Waals surface area contributed by atoms with Crippen LogP contribution >= 0.6 is 0 Å². The standard InChI is InChI=1S/C17H23NO/c1-13-8-9-16(14(2)12-13)17(19)18-11-10-15-6-4-3-5-7-15/h6,8-9,12H,3-5,7,10-11H2,1-2H3,(H,18,19). The third-order valence-corrected chi connectivity index (χ3v) is 3.74. The van der Waals surface area contributed by atoms with Crippen LogP contribution in [0, 0.1) is 13.8 Å². The van der Waals surface area contributed by atoms with Gasteiger partial charge in [-0.3, -0.25) is 4.79 Å². The minimum atomic E-state index is 0.0499. The first kappa shape index (κ1) is 13.9. The van der Waals surface area contributed by atoms with E-state index in [1.54, 1.807) is 0 Å². The van der Waals surface area contributed by atoms with Gasteiger partial charge < -0.3 is 5.32 Å². The molecule has 1 aliphatic carbocycles. The lowest BCUT2D eigenvalue weighted by molar-refractivity contribution is 0.0953. The summed E-state index contributed by atoms with van der Waals surface area (Å²) in [5.74, 6) is 0.0499. The van der Waals surface area contributed by atoms with E-state index in [0.29, 0.717) is 0 Å². The maximum Gasteiger partial charge on any atom is 0.251 e. The highest BCUT2D eigenvalue weighted by molar-refractivity contribution is 5.95. The molecular formula is C17H23NO. The minimum Gasteiger partial charge on any atom is -0.352 e. The van der Waals surface area contributed by atoms with Crippen molar-refractivity contribution in [3.63, 3.8) is 0 Å². The lowest BCUT2D eigenvalue weighted by Gasteiger charge is -2.13. The van der Waals surface area contributed by atoms with Crippen molar-refractivity contribution >= 4 is 5.91 Å². The van der Waals surface area contributed by atoms with E-state index in [0.717, 1.165) is 24.1 Å². The topological polar surface area (TPSA) is 29.1 Å². The minimum absolute atomic E-state index is 0.0499. The van der Waals surface area contributed by atoms with Gasteiger partial charge in [0.05, 0.1) is 0 Å². The molecule has 0 saturated carbocycles. The summed E-state index contributed by atoms with van der Waals surface area (Å²) in [6.07, 6.45) is 8.37. The third-order valence-electron chi connectivity index (χ3n) is 3.74. The Morgan fingerprint density at radius 2 is 2.11 bits per heavy atom. The number of amides is 1. The summed E-state index contributed by atoms with van der Waals surface area (Å²) in [5.41, 5.74) is 4.55. The zero-order valence-corrected chi connectivity index (χ0v) is 12.0. The van der Waals surface area contributed by atoms with Gasteiger partial charge in [-0.1, -0.05) is 29.3 Å². The number of carbonyl (C=O) groups is 1. The average Bonchev–Trinajstić information content (AvgIpc) is 2.39. The van der Waals surface area contributed by atoms with Gasteiger partial charge in [0.15, 0.2) is 0 Å². The van der Waals surface area contributed by atoms with E-state index in [2.05, 4.69) is 17.5 Å². The van der Waals surface area contributed by atoms with E-state index in [-0.39, 0.29) is 5.91 Å². The quantitative estimate of drug-likeness (QED) is 0.814. The fourth-order valence-electron chi connectivity index (χ4n) is 2.63. The molecular weight excluding hydrogens is 234 g/mol. The molecule has 1 N–H and O–H groups in total. The van der Waals surface area contributed by atoms with Gasteiger partial charge in [-0.2, -0.15) is 0 Å². The van der Waals surface area contributed by atoms with E-state index in [4.69, 9.17) is 0 Å². The molecule has 2 heteroatoms. The number of nitrogens with one attached hydrogen (secondary N) is 1. The predicted molar refractivity (Wildman–Crippen MR) is 79.4 cm³/mol. The summed E-state index contributed by atoms with van der Waals surface area (Å²) >= 11 is 0. The van der Waals surface area contributed by atoms with Crippen molar-refractivity contribution in [1.29, 1.82) is 0 Å². The second-order valence-electron chi connectivity index (χ2n) is 5.43. The molecule has 0 heterocycles. The molecule has 0 atom stereocenters. The van der Waals surface area contributed by atoms with Crippen molar-refractivity contribution in [3.05, 3.63) is 46.5 Å². The van der Waals surface area contributed by atoms with Gasteiger partial charge in [-0.25, -0.2) is 0 Å². The van der Waals surface area contributed by atoms with Crippen LogP contribution in [0.5, 0.6) is 0 Å². The Morgan fingerprint density at radius 1 is 1.26 bits per heavy atom. The van der Waals surface area contributed by atoms with E-state index in [9.17, 15) is 4.79 Å². The number of rotatable bonds is 4. The Hall–Kier alpha value is -1.57. The molecule has 1 aliphatic rings. The van der Waals surface area contributed by atoms with Crippen molar-refractivity contribution in [2.45, 2.75) is 46.0 Å². The molecule has 2 nitrogen and oxygen atoms in total. The zero-order chi connectivity index (χ0) is 13.7. The SMILES string of the molecule is Cc1ccc(C(=O)NCCC2=CCCCC2)c(C)c1. The lowest BCUT2D eigenvalue weighted by atomic mass is 9.97. The smallest absolute Gasteiger partial charge is 0.251 e. The molecule has 0 saturated heterocycles. The highest BCUT2D eigenvalue weighted by Crippen LogP contribution is 2.19. The number of benzene rings is 1. The van der Waals surface area contributed by atoms with E-state index >= 15 is 0 Å². The predicted octanol–water partition coefficient (Wildman–Crippen LogP) is 3.92. The summed E-state index contributed by atoms with van der Waals surface area (Å²) in [4.78, 5) is 12.1. The molecule has 102 valence electrons. The number of carbonyl (C=O) groups excluding carboxylic acids is 1. The Morgan fingerprint density at radius 3 is 2.79 bits per heavy atom. The van der Waals surface area contributed by atoms with Crippen LogP contribution in [0.3, 0.4) is 0 Å². The zero-order valence-electron chi connectivity index (χ0n) is 12.0. The average molecular weight is 257 g/mol. The maximum atomic E-state index is 12.1. The van der Waals surface area contributed by atoms with Gasteiger partial charge in [0.25, 0.3) is 5.91 Å². The number of allylic oxidation sites excluding steroid dienone is 1. The highest BCUT2D eigenvalue weighted by atomic mass is 16.1. The van der Waals surface area contributed by atoms with E-state index < -0.39 is 0 Å². The van der Waals surface area contributed by atoms with Gasteiger partial charge in [-0.05, 0) is 57.6 Å². The molecule has 0 radical (unpaired) electrons. The molecule has 0 spiro atoms. The largest absolute Gasteiger partial charge is 0.352 e. The first-order chi connectivity index (χ1) is 9.16. The third kappa shape index (κ3) is 3.95. The van der Waals surface area contributed by atoms with Gasteiger partial charge in [-0.15, -0.1) is 0 Å². The molecule has 1 amide bonds. The van der Waals surface area contributed by atoms with Crippen molar-refractivity contribution in [2.75, 3.05) is 6.54 Å². The number of aryl methyl sites for hydroxylation is 2.